The molecule has 9 nitrogen and oxygen atoms in total. The van der Waals surface area contributed by atoms with E-state index in [9.17, 15) is 21.6 Å². The van der Waals surface area contributed by atoms with E-state index in [0.29, 0.717) is 23.7 Å². The Kier molecular flexibility index (Phi) is 11.6. The van der Waals surface area contributed by atoms with Crippen LogP contribution in [0.25, 0.3) is 0 Å². The van der Waals surface area contributed by atoms with Crippen molar-refractivity contribution in [2.75, 3.05) is 38.1 Å². The first kappa shape index (κ1) is 32.1. The van der Waals surface area contributed by atoms with E-state index in [1.54, 1.807) is 16.8 Å². The van der Waals surface area contributed by atoms with E-state index in [4.69, 9.17) is 9.90 Å². The predicted molar refractivity (Wildman–Crippen MR) is 143 cm³/mol. The van der Waals surface area contributed by atoms with Crippen LogP contribution >= 0.6 is 15.9 Å². The fourth-order valence-corrected chi connectivity index (χ4v) is 5.64. The van der Waals surface area contributed by atoms with Gasteiger partial charge in [0.05, 0.1) is 11.9 Å². The summed E-state index contributed by atoms with van der Waals surface area (Å²) in [6.45, 7) is 7.54. The van der Waals surface area contributed by atoms with E-state index in [1.807, 2.05) is 37.5 Å². The summed E-state index contributed by atoms with van der Waals surface area (Å²) in [6, 6.07) is 5.50. The lowest BCUT2D eigenvalue weighted by Crippen LogP contribution is -2.45. The van der Waals surface area contributed by atoms with Crippen molar-refractivity contribution in [2.24, 2.45) is 13.0 Å². The maximum Gasteiger partial charge on any atom is 0.490 e. The first-order chi connectivity index (χ1) is 17.6. The van der Waals surface area contributed by atoms with Crippen molar-refractivity contribution in [3.63, 3.8) is 0 Å². The Morgan fingerprint density at radius 3 is 2.45 bits per heavy atom. The Balaban J connectivity index is 0.000000638. The second kappa shape index (κ2) is 13.8. The molecular formula is C24H35BrF3N5O4S. The van der Waals surface area contributed by atoms with Crippen LogP contribution in [0.3, 0.4) is 0 Å². The highest BCUT2D eigenvalue weighted by atomic mass is 79.9. The van der Waals surface area contributed by atoms with Gasteiger partial charge in [0.2, 0.25) is 10.0 Å². The molecule has 14 heteroatoms. The number of hydrogen-bond acceptors (Lipinski definition) is 6. The zero-order valence-electron chi connectivity index (χ0n) is 21.9. The van der Waals surface area contributed by atoms with Gasteiger partial charge >= 0.3 is 12.1 Å². The largest absolute Gasteiger partial charge is 0.490 e. The molecule has 1 atom stereocenters. The van der Waals surface area contributed by atoms with Crippen LogP contribution in [0, 0.1) is 5.92 Å². The summed E-state index contributed by atoms with van der Waals surface area (Å²) in [5.74, 6) is -2.00. The maximum absolute atomic E-state index is 13.2. The van der Waals surface area contributed by atoms with E-state index < -0.39 is 22.2 Å². The van der Waals surface area contributed by atoms with Gasteiger partial charge < -0.3 is 10.0 Å². The summed E-state index contributed by atoms with van der Waals surface area (Å²) in [7, 11) is 0.186. The Morgan fingerprint density at radius 1 is 1.32 bits per heavy atom. The number of aliphatic carboxylic acids is 1. The average Bonchev–Trinajstić information content (AvgIpc) is 3.26. The summed E-state index contributed by atoms with van der Waals surface area (Å²) < 4.78 is 63.6. The topological polar surface area (TPSA) is 108 Å². The summed E-state index contributed by atoms with van der Waals surface area (Å²) in [4.78, 5) is 13.6. The molecule has 1 aliphatic heterocycles. The SMILES string of the molecule is CC1CCN(C(C)CNS(=O)(=O)c2ccc(Br)cc2N(C)CCc2cnn(C)c2)CC1.O=C(O)C(F)(F)F. The second-order valence-electron chi connectivity index (χ2n) is 9.53. The van der Waals surface area contributed by atoms with Gasteiger partial charge in [0.15, 0.2) is 0 Å². The fourth-order valence-electron chi connectivity index (χ4n) is 3.94. The molecule has 0 amide bonds. The molecule has 1 saturated heterocycles. The number of likely N-dealkylation sites (N-methyl/N-ethyl adjacent to an activating group) is 1. The van der Waals surface area contributed by atoms with Crippen molar-refractivity contribution in [3.05, 3.63) is 40.6 Å². The number of aromatic nitrogens is 2. The lowest BCUT2D eigenvalue weighted by atomic mass is 9.98. The third-order valence-electron chi connectivity index (χ3n) is 6.37. The molecule has 0 radical (unpaired) electrons. The number of halogens is 4. The molecule has 1 aromatic carbocycles. The normalized spacial score (nSPS) is 16.0. The van der Waals surface area contributed by atoms with Gasteiger partial charge in [-0.2, -0.15) is 18.3 Å². The summed E-state index contributed by atoms with van der Waals surface area (Å²) >= 11 is 3.49. The van der Waals surface area contributed by atoms with Crippen LogP contribution in [0.2, 0.25) is 0 Å². The Morgan fingerprint density at radius 2 is 1.92 bits per heavy atom. The van der Waals surface area contributed by atoms with E-state index in [2.05, 4.69) is 44.5 Å². The number of nitrogens with one attached hydrogen (secondary N) is 1. The van der Waals surface area contributed by atoms with Crippen molar-refractivity contribution in [1.82, 2.24) is 19.4 Å². The minimum Gasteiger partial charge on any atom is -0.475 e. The highest BCUT2D eigenvalue weighted by molar-refractivity contribution is 9.10. The first-order valence-electron chi connectivity index (χ1n) is 12.1. The minimum atomic E-state index is -5.08. The lowest BCUT2D eigenvalue weighted by molar-refractivity contribution is -0.192. The molecular weight excluding hydrogens is 591 g/mol. The average molecular weight is 627 g/mol. The molecule has 1 aromatic heterocycles. The van der Waals surface area contributed by atoms with Gasteiger partial charge in [-0.05, 0) is 69.0 Å². The molecule has 1 unspecified atom stereocenters. The van der Waals surface area contributed by atoms with E-state index in [0.717, 1.165) is 35.5 Å². The van der Waals surface area contributed by atoms with Crippen molar-refractivity contribution in [1.29, 1.82) is 0 Å². The molecule has 0 bridgehead atoms. The molecule has 1 aliphatic rings. The number of carboxylic acids is 1. The molecule has 0 saturated carbocycles. The zero-order chi connectivity index (χ0) is 28.7. The van der Waals surface area contributed by atoms with Gasteiger partial charge in [-0.15, -0.1) is 0 Å². The molecule has 38 heavy (non-hydrogen) atoms. The second-order valence-corrected chi connectivity index (χ2v) is 12.2. The predicted octanol–water partition coefficient (Wildman–Crippen LogP) is 3.89. The van der Waals surface area contributed by atoms with Crippen LogP contribution in [0.1, 0.15) is 32.3 Å². The van der Waals surface area contributed by atoms with E-state index >= 15 is 0 Å². The van der Waals surface area contributed by atoms with Crippen molar-refractivity contribution in [3.8, 4) is 0 Å². The van der Waals surface area contributed by atoms with Crippen molar-refractivity contribution in [2.45, 2.75) is 50.2 Å². The van der Waals surface area contributed by atoms with Crippen LogP contribution in [-0.2, 0) is 28.3 Å². The van der Waals surface area contributed by atoms with Crippen molar-refractivity contribution < 1.29 is 31.5 Å². The van der Waals surface area contributed by atoms with Gasteiger partial charge in [0, 0.05) is 43.9 Å². The first-order valence-corrected chi connectivity index (χ1v) is 14.4. The Labute approximate surface area is 230 Å². The summed E-state index contributed by atoms with van der Waals surface area (Å²) in [5, 5.41) is 11.3. The smallest absolute Gasteiger partial charge is 0.475 e. The van der Waals surface area contributed by atoms with Crippen LogP contribution in [0.4, 0.5) is 18.9 Å². The summed E-state index contributed by atoms with van der Waals surface area (Å²) in [6.07, 6.45) is 1.88. The van der Waals surface area contributed by atoms with Gasteiger partial charge in [-0.25, -0.2) is 17.9 Å². The van der Waals surface area contributed by atoms with E-state index in [1.165, 1.54) is 12.8 Å². The molecule has 2 heterocycles. The lowest BCUT2D eigenvalue weighted by Gasteiger charge is -2.35. The molecule has 1 fully saturated rings. The minimum absolute atomic E-state index is 0.171. The highest BCUT2D eigenvalue weighted by Gasteiger charge is 2.38. The van der Waals surface area contributed by atoms with Gasteiger partial charge in [-0.1, -0.05) is 22.9 Å². The number of carboxylic acid groups (broad SMARTS) is 1. The number of anilines is 1. The number of piperidine rings is 1. The Hall–Kier alpha value is -2.16. The van der Waals surface area contributed by atoms with Crippen molar-refractivity contribution >= 4 is 37.6 Å². The molecule has 0 spiro atoms. The number of hydrogen-bond donors (Lipinski definition) is 2. The molecule has 2 aromatic rings. The quantitative estimate of drug-likeness (QED) is 0.435. The number of nitrogens with zero attached hydrogens (tertiary/aromatic N) is 4. The van der Waals surface area contributed by atoms with Crippen LogP contribution in [-0.4, -0.2) is 79.6 Å². The van der Waals surface area contributed by atoms with Gasteiger partial charge in [0.1, 0.15) is 4.90 Å². The van der Waals surface area contributed by atoms with Gasteiger partial charge in [-0.3, -0.25) is 9.58 Å². The third kappa shape index (κ3) is 9.86. The zero-order valence-corrected chi connectivity index (χ0v) is 24.3. The highest BCUT2D eigenvalue weighted by Crippen LogP contribution is 2.28. The molecule has 2 N–H and O–H groups in total. The van der Waals surface area contributed by atoms with E-state index in [-0.39, 0.29) is 6.04 Å². The Bertz CT molecular complexity index is 1170. The number of carbonyl (C=O) groups is 1. The van der Waals surface area contributed by atoms with Crippen LogP contribution < -0.4 is 9.62 Å². The number of benzene rings is 1. The summed E-state index contributed by atoms with van der Waals surface area (Å²) in [5.41, 5.74) is 1.81. The number of likely N-dealkylation sites (tertiary alicyclic amines) is 1. The van der Waals surface area contributed by atoms with Gasteiger partial charge in [0.25, 0.3) is 0 Å². The maximum atomic E-state index is 13.2. The number of aryl methyl sites for hydroxylation is 1. The molecule has 3 rings (SSSR count). The molecule has 214 valence electrons. The number of sulfonamides is 1. The molecule has 0 aliphatic carbocycles. The monoisotopic (exact) mass is 625 g/mol. The fraction of sp³-hybridized carbons (Fsp3) is 0.583. The number of alkyl halides is 3. The number of rotatable bonds is 9. The van der Waals surface area contributed by atoms with Crippen LogP contribution in [0.5, 0.6) is 0 Å². The third-order valence-corrected chi connectivity index (χ3v) is 8.33. The van der Waals surface area contributed by atoms with Crippen LogP contribution in [0.15, 0.2) is 40.0 Å². The standard InChI is InChI=1S/C22H34BrN5O2S.C2HF3O2/c1-17-7-11-28(12-8-17)18(2)14-25-31(29,30)22-6-5-20(23)13-21(22)26(3)10-9-19-15-24-27(4)16-19;3-2(4,5)1(6)7/h5-6,13,15-18,25H,7-12,14H2,1-4H3;(H,6,7).